The van der Waals surface area contributed by atoms with E-state index in [9.17, 15) is 9.90 Å². The van der Waals surface area contributed by atoms with Crippen LogP contribution in [0.3, 0.4) is 0 Å². The Hall–Kier alpha value is -2.09. The molecule has 0 spiro atoms. The van der Waals surface area contributed by atoms with E-state index in [1.807, 2.05) is 39.9 Å². The Morgan fingerprint density at radius 1 is 1.05 bits per heavy atom. The van der Waals surface area contributed by atoms with Crippen molar-refractivity contribution in [3.63, 3.8) is 0 Å². The number of carbonyl (C=O) groups excluding carboxylic acids is 1. The lowest BCUT2D eigenvalue weighted by molar-refractivity contribution is -0.0312. The first-order chi connectivity index (χ1) is 18.8. The fourth-order valence-electron chi connectivity index (χ4n) is 5.42. The fourth-order valence-corrected chi connectivity index (χ4v) is 6.17. The number of nitrogens with zero attached hydrogens (tertiary/aromatic N) is 2. The highest BCUT2D eigenvalue weighted by Crippen LogP contribution is 2.30. The van der Waals surface area contributed by atoms with Gasteiger partial charge in [0, 0.05) is 38.3 Å². The van der Waals surface area contributed by atoms with Crippen molar-refractivity contribution in [3.8, 4) is 5.75 Å². The van der Waals surface area contributed by atoms with Gasteiger partial charge in [-0.25, -0.2) is 0 Å². The molecule has 2 aliphatic rings. The smallest absolute Gasteiger partial charge is 0.253 e. The molecule has 1 N–H and O–H groups in total. The van der Waals surface area contributed by atoms with Crippen LogP contribution in [-0.4, -0.2) is 66.2 Å². The van der Waals surface area contributed by atoms with Gasteiger partial charge in [0.25, 0.3) is 5.91 Å². The minimum atomic E-state index is -0.569. The van der Waals surface area contributed by atoms with Crippen LogP contribution >= 0.6 is 34.5 Å². The van der Waals surface area contributed by atoms with Crippen molar-refractivity contribution in [1.29, 1.82) is 0 Å². The molecular weight excluding hydrogens is 551 g/mol. The van der Waals surface area contributed by atoms with Gasteiger partial charge in [0.05, 0.1) is 22.8 Å². The fraction of sp³-hybridized carbons (Fsp3) is 0.452. The number of ether oxygens (including phenoxy) is 1. The molecule has 1 unspecified atom stereocenters. The van der Waals surface area contributed by atoms with E-state index < -0.39 is 5.60 Å². The zero-order valence-electron chi connectivity index (χ0n) is 22.5. The van der Waals surface area contributed by atoms with E-state index in [0.29, 0.717) is 21.5 Å². The van der Waals surface area contributed by atoms with Crippen molar-refractivity contribution in [2.45, 2.75) is 44.1 Å². The second-order valence-electron chi connectivity index (χ2n) is 10.6. The van der Waals surface area contributed by atoms with Crippen molar-refractivity contribution in [2.75, 3.05) is 39.8 Å². The zero-order chi connectivity index (χ0) is 27.7. The Balaban J connectivity index is 0.000000634. The second kappa shape index (κ2) is 14.5. The number of aryl methyl sites for hydroxylation is 1. The third-order valence-corrected chi connectivity index (χ3v) is 9.08. The Morgan fingerprint density at radius 2 is 1.82 bits per heavy atom. The van der Waals surface area contributed by atoms with Crippen LogP contribution in [0.5, 0.6) is 5.75 Å². The van der Waals surface area contributed by atoms with Gasteiger partial charge in [-0.3, -0.25) is 4.79 Å². The molecule has 5 rings (SSSR count). The Bertz CT molecular complexity index is 1170. The minimum absolute atomic E-state index is 0.0186. The number of aliphatic hydroxyl groups is 1. The maximum atomic E-state index is 12.8. The van der Waals surface area contributed by atoms with Crippen molar-refractivity contribution in [3.05, 3.63) is 86.5 Å². The zero-order valence-corrected chi connectivity index (χ0v) is 24.9. The Morgan fingerprint density at radius 3 is 2.49 bits per heavy atom. The number of thiophene rings is 1. The van der Waals surface area contributed by atoms with E-state index in [1.165, 1.54) is 5.56 Å². The van der Waals surface area contributed by atoms with Gasteiger partial charge >= 0.3 is 0 Å². The van der Waals surface area contributed by atoms with Crippen molar-refractivity contribution in [2.24, 2.45) is 5.92 Å². The SMILES string of the molecule is COc1cccc(CCCC2(O)CCN(CC3CCN(C(=O)c4ccc(Cl)c(Cl)c4)C3)CC2)c1.c1ccsc1. The molecule has 1 atom stereocenters. The summed E-state index contributed by atoms with van der Waals surface area (Å²) in [4.78, 5) is 17.2. The van der Waals surface area contributed by atoms with Crippen LogP contribution < -0.4 is 4.74 Å². The van der Waals surface area contributed by atoms with E-state index in [0.717, 1.165) is 77.0 Å². The maximum Gasteiger partial charge on any atom is 0.253 e. The molecule has 0 saturated carbocycles. The van der Waals surface area contributed by atoms with Gasteiger partial charge < -0.3 is 19.6 Å². The van der Waals surface area contributed by atoms with Gasteiger partial charge in [-0.15, -0.1) is 0 Å². The van der Waals surface area contributed by atoms with Gasteiger partial charge in [-0.2, -0.15) is 11.3 Å². The average Bonchev–Trinajstić information content (AvgIpc) is 3.67. The van der Waals surface area contributed by atoms with E-state index in [1.54, 1.807) is 36.6 Å². The van der Waals surface area contributed by atoms with E-state index in [-0.39, 0.29) is 5.91 Å². The molecule has 2 saturated heterocycles. The van der Waals surface area contributed by atoms with E-state index in [2.05, 4.69) is 17.0 Å². The lowest BCUT2D eigenvalue weighted by Gasteiger charge is -2.39. The highest BCUT2D eigenvalue weighted by atomic mass is 35.5. The summed E-state index contributed by atoms with van der Waals surface area (Å²) in [5.74, 6) is 1.37. The topological polar surface area (TPSA) is 53.0 Å². The van der Waals surface area contributed by atoms with Gasteiger partial charge in [-0.1, -0.05) is 47.5 Å². The quantitative estimate of drug-likeness (QED) is 0.306. The molecule has 2 aliphatic heterocycles. The summed E-state index contributed by atoms with van der Waals surface area (Å²) in [5.41, 5.74) is 1.27. The first-order valence-corrected chi connectivity index (χ1v) is 15.3. The van der Waals surface area contributed by atoms with Gasteiger partial charge in [0.1, 0.15) is 5.75 Å². The van der Waals surface area contributed by atoms with Crippen LogP contribution in [0.4, 0.5) is 0 Å². The van der Waals surface area contributed by atoms with Gasteiger partial charge in [0.15, 0.2) is 0 Å². The summed E-state index contributed by atoms with van der Waals surface area (Å²) in [6, 6.07) is 17.3. The van der Waals surface area contributed by atoms with Gasteiger partial charge in [0.2, 0.25) is 0 Å². The minimum Gasteiger partial charge on any atom is -0.497 e. The number of benzene rings is 2. The van der Waals surface area contributed by atoms with E-state index in [4.69, 9.17) is 27.9 Å². The molecule has 1 amide bonds. The summed E-state index contributed by atoms with van der Waals surface area (Å²) < 4.78 is 5.30. The summed E-state index contributed by atoms with van der Waals surface area (Å²) >= 11 is 13.8. The molecule has 210 valence electrons. The highest BCUT2D eigenvalue weighted by Gasteiger charge is 2.34. The molecule has 3 aromatic rings. The molecule has 0 bridgehead atoms. The summed E-state index contributed by atoms with van der Waals surface area (Å²) in [5, 5.41) is 16.0. The maximum absolute atomic E-state index is 12.8. The molecule has 1 aromatic heterocycles. The summed E-state index contributed by atoms with van der Waals surface area (Å²) in [6.45, 7) is 4.33. The molecule has 0 radical (unpaired) electrons. The summed E-state index contributed by atoms with van der Waals surface area (Å²) in [7, 11) is 1.69. The number of likely N-dealkylation sites (tertiary alicyclic amines) is 2. The molecular formula is C31H38Cl2N2O3S. The number of piperidine rings is 1. The third kappa shape index (κ3) is 8.95. The Labute approximate surface area is 246 Å². The van der Waals surface area contributed by atoms with Crippen LogP contribution in [-0.2, 0) is 6.42 Å². The number of hydrogen-bond acceptors (Lipinski definition) is 5. The lowest BCUT2D eigenvalue weighted by Crippen LogP contribution is -2.46. The average molecular weight is 590 g/mol. The molecule has 39 heavy (non-hydrogen) atoms. The molecule has 2 fully saturated rings. The number of hydrogen-bond donors (Lipinski definition) is 1. The van der Waals surface area contributed by atoms with Crippen LogP contribution in [0.1, 0.15) is 48.0 Å². The van der Waals surface area contributed by atoms with Crippen LogP contribution in [0, 0.1) is 5.92 Å². The highest BCUT2D eigenvalue weighted by molar-refractivity contribution is 7.07. The molecule has 5 nitrogen and oxygen atoms in total. The summed E-state index contributed by atoms with van der Waals surface area (Å²) in [6.07, 6.45) is 5.38. The number of halogens is 2. The Kier molecular flexibility index (Phi) is 11.1. The number of amides is 1. The van der Waals surface area contributed by atoms with Crippen LogP contribution in [0.25, 0.3) is 0 Å². The van der Waals surface area contributed by atoms with Crippen molar-refractivity contribution in [1.82, 2.24) is 9.80 Å². The van der Waals surface area contributed by atoms with Crippen LogP contribution in [0.2, 0.25) is 10.0 Å². The predicted octanol–water partition coefficient (Wildman–Crippen LogP) is 7.06. The first kappa shape index (κ1) is 29.9. The van der Waals surface area contributed by atoms with E-state index >= 15 is 0 Å². The first-order valence-electron chi connectivity index (χ1n) is 13.6. The van der Waals surface area contributed by atoms with Crippen molar-refractivity contribution >= 4 is 40.4 Å². The van der Waals surface area contributed by atoms with Gasteiger partial charge in [-0.05, 0) is 91.1 Å². The largest absolute Gasteiger partial charge is 0.497 e. The van der Waals surface area contributed by atoms with Crippen LogP contribution in [0.15, 0.2) is 65.4 Å². The molecule has 0 aliphatic carbocycles. The number of methoxy groups -OCH3 is 1. The second-order valence-corrected chi connectivity index (χ2v) is 12.2. The normalized spacial score (nSPS) is 18.9. The third-order valence-electron chi connectivity index (χ3n) is 7.71. The predicted molar refractivity (Wildman–Crippen MR) is 161 cm³/mol. The van der Waals surface area contributed by atoms with Crippen molar-refractivity contribution < 1.29 is 14.6 Å². The monoisotopic (exact) mass is 588 g/mol. The number of carbonyl (C=O) groups is 1. The molecule has 8 heteroatoms. The molecule has 3 heterocycles. The molecule has 2 aromatic carbocycles. The standard InChI is InChI=1S/C27H34Cl2N2O3.C4H4S/c1-34-23-6-2-4-20(16-23)5-3-10-27(33)11-14-30(15-12-27)18-21-9-13-31(19-21)26(32)22-7-8-24(28)25(29)17-22;1-2-4-5-3-1/h2,4,6-8,16-17,21,33H,3,5,9-15,18-19H2,1H3;1-4H. The lowest BCUT2D eigenvalue weighted by atomic mass is 9.85. The number of rotatable bonds is 8.